The van der Waals surface area contributed by atoms with Gasteiger partial charge in [-0.1, -0.05) is 13.0 Å². The molecule has 1 aromatic rings. The van der Waals surface area contributed by atoms with Crippen molar-refractivity contribution in [2.24, 2.45) is 10.9 Å². The number of halogens is 1. The van der Waals surface area contributed by atoms with Gasteiger partial charge in [-0.3, -0.25) is 4.99 Å². The number of hydrogen-bond acceptors (Lipinski definition) is 4. The van der Waals surface area contributed by atoms with Crippen LogP contribution in [0.5, 0.6) is 11.5 Å². The number of nitrogens with zero attached hydrogens (tertiary/aromatic N) is 2. The second-order valence-electron chi connectivity index (χ2n) is 7.88. The van der Waals surface area contributed by atoms with E-state index < -0.39 is 0 Å². The third-order valence-corrected chi connectivity index (χ3v) is 5.39. The minimum atomic E-state index is 0. The smallest absolute Gasteiger partial charge is 0.191 e. The molecule has 0 aromatic heterocycles. The summed E-state index contributed by atoms with van der Waals surface area (Å²) >= 11 is 0. The van der Waals surface area contributed by atoms with Crippen LogP contribution in [0.15, 0.2) is 23.2 Å². The molecule has 0 saturated carbocycles. The van der Waals surface area contributed by atoms with Gasteiger partial charge in [0.15, 0.2) is 17.5 Å². The molecule has 1 fully saturated rings. The molecule has 2 rings (SSSR count). The van der Waals surface area contributed by atoms with Gasteiger partial charge in [0.1, 0.15) is 0 Å². The Bertz CT molecular complexity index is 627. The van der Waals surface area contributed by atoms with E-state index in [0.717, 1.165) is 55.9 Å². The number of nitrogens with one attached hydrogen (secondary N) is 2. The van der Waals surface area contributed by atoms with E-state index in [4.69, 9.17) is 14.5 Å². The van der Waals surface area contributed by atoms with Crippen molar-refractivity contribution >= 4 is 29.9 Å². The van der Waals surface area contributed by atoms with Gasteiger partial charge in [-0.05, 0) is 75.7 Å². The minimum absolute atomic E-state index is 0. The van der Waals surface area contributed by atoms with Crippen LogP contribution in [-0.4, -0.2) is 64.3 Å². The maximum atomic E-state index is 5.38. The van der Waals surface area contributed by atoms with Crippen LogP contribution in [0, 0.1) is 5.92 Å². The number of likely N-dealkylation sites (tertiary alicyclic amines) is 1. The number of piperidine rings is 1. The summed E-state index contributed by atoms with van der Waals surface area (Å²) in [5, 5.41) is 6.78. The standard InChI is InChI=1S/C23H40N4O2.HI/c1-5-24-23(25-13-6-7-15-27-16-8-9-19(2)18-27)26-14-12-20-10-11-21(28-3)22(17-20)29-4;/h10-11,17,19H,5-9,12-16,18H2,1-4H3,(H2,24,25,26);1H. The Morgan fingerprint density at radius 1 is 1.17 bits per heavy atom. The number of guanidine groups is 1. The second-order valence-corrected chi connectivity index (χ2v) is 7.88. The first kappa shape index (κ1) is 26.8. The first-order valence-corrected chi connectivity index (χ1v) is 11.1. The fourth-order valence-corrected chi connectivity index (χ4v) is 3.83. The van der Waals surface area contributed by atoms with Gasteiger partial charge in [-0.2, -0.15) is 0 Å². The molecule has 0 amide bonds. The van der Waals surface area contributed by atoms with E-state index in [9.17, 15) is 0 Å². The zero-order valence-corrected chi connectivity index (χ0v) is 21.5. The molecule has 1 atom stereocenters. The summed E-state index contributed by atoms with van der Waals surface area (Å²) in [4.78, 5) is 7.35. The van der Waals surface area contributed by atoms with E-state index in [0.29, 0.717) is 0 Å². The highest BCUT2D eigenvalue weighted by molar-refractivity contribution is 14.0. The predicted molar refractivity (Wildman–Crippen MR) is 137 cm³/mol. The topological polar surface area (TPSA) is 58.1 Å². The Morgan fingerprint density at radius 3 is 2.67 bits per heavy atom. The van der Waals surface area contributed by atoms with Gasteiger partial charge in [0.2, 0.25) is 0 Å². The van der Waals surface area contributed by atoms with Gasteiger partial charge >= 0.3 is 0 Å². The molecule has 7 heteroatoms. The molecular weight excluding hydrogens is 491 g/mol. The lowest BCUT2D eigenvalue weighted by molar-refractivity contribution is 0.181. The van der Waals surface area contributed by atoms with Crippen LogP contribution in [0.3, 0.4) is 0 Å². The molecule has 1 aliphatic rings. The van der Waals surface area contributed by atoms with Crippen LogP contribution in [0.2, 0.25) is 0 Å². The average Bonchev–Trinajstić information content (AvgIpc) is 2.73. The van der Waals surface area contributed by atoms with E-state index in [1.54, 1.807) is 14.2 Å². The van der Waals surface area contributed by atoms with Crippen molar-refractivity contribution in [1.29, 1.82) is 0 Å². The molecule has 1 saturated heterocycles. The van der Waals surface area contributed by atoms with Crippen LogP contribution in [0.4, 0.5) is 0 Å². The van der Waals surface area contributed by atoms with Crippen molar-refractivity contribution in [2.45, 2.75) is 46.0 Å². The second kappa shape index (κ2) is 15.6. The third kappa shape index (κ3) is 9.73. The summed E-state index contributed by atoms with van der Waals surface area (Å²) in [6.07, 6.45) is 6.01. The number of ether oxygens (including phenoxy) is 2. The van der Waals surface area contributed by atoms with Crippen molar-refractivity contribution in [3.63, 3.8) is 0 Å². The van der Waals surface area contributed by atoms with Crippen molar-refractivity contribution in [2.75, 3.05) is 53.5 Å². The Hall–Kier alpha value is -1.22. The van der Waals surface area contributed by atoms with Gasteiger partial charge in [-0.25, -0.2) is 0 Å². The zero-order chi connectivity index (χ0) is 20.9. The number of aliphatic imine (C=N–C) groups is 1. The Kier molecular flexibility index (Phi) is 13.9. The van der Waals surface area contributed by atoms with Gasteiger partial charge in [0.05, 0.1) is 14.2 Å². The quantitative estimate of drug-likeness (QED) is 0.196. The fourth-order valence-electron chi connectivity index (χ4n) is 3.83. The summed E-state index contributed by atoms with van der Waals surface area (Å²) in [6.45, 7) is 10.8. The molecule has 0 spiro atoms. The lowest BCUT2D eigenvalue weighted by atomic mass is 10.0. The number of benzene rings is 1. The Balaban J connectivity index is 0.00000450. The van der Waals surface area contributed by atoms with Crippen molar-refractivity contribution in [3.8, 4) is 11.5 Å². The monoisotopic (exact) mass is 532 g/mol. The number of rotatable bonds is 11. The molecule has 6 nitrogen and oxygen atoms in total. The summed E-state index contributed by atoms with van der Waals surface area (Å²) < 4.78 is 10.7. The van der Waals surface area contributed by atoms with E-state index in [-0.39, 0.29) is 24.0 Å². The zero-order valence-electron chi connectivity index (χ0n) is 19.2. The summed E-state index contributed by atoms with van der Waals surface area (Å²) in [5.74, 6) is 3.29. The summed E-state index contributed by atoms with van der Waals surface area (Å²) in [7, 11) is 3.33. The van der Waals surface area contributed by atoms with Crippen LogP contribution in [-0.2, 0) is 6.42 Å². The van der Waals surface area contributed by atoms with Crippen molar-refractivity contribution in [3.05, 3.63) is 23.8 Å². The van der Waals surface area contributed by atoms with E-state index in [2.05, 4.69) is 35.4 Å². The normalized spacial score (nSPS) is 17.2. The van der Waals surface area contributed by atoms with E-state index >= 15 is 0 Å². The summed E-state index contributed by atoms with van der Waals surface area (Å²) in [5.41, 5.74) is 1.21. The number of hydrogen-bond donors (Lipinski definition) is 2. The molecule has 1 heterocycles. The molecule has 1 aromatic carbocycles. The van der Waals surface area contributed by atoms with Crippen LogP contribution in [0.1, 0.15) is 45.1 Å². The Labute approximate surface area is 200 Å². The molecule has 0 aliphatic carbocycles. The molecule has 172 valence electrons. The van der Waals surface area contributed by atoms with E-state index in [1.807, 2.05) is 12.1 Å². The van der Waals surface area contributed by atoms with Crippen molar-refractivity contribution in [1.82, 2.24) is 15.5 Å². The molecule has 1 unspecified atom stereocenters. The van der Waals surface area contributed by atoms with Gasteiger partial charge in [-0.15, -0.1) is 24.0 Å². The fraction of sp³-hybridized carbons (Fsp3) is 0.696. The number of unbranched alkanes of at least 4 members (excludes halogenated alkanes) is 1. The van der Waals surface area contributed by atoms with Crippen LogP contribution >= 0.6 is 24.0 Å². The van der Waals surface area contributed by atoms with Gasteiger partial charge < -0.3 is 25.0 Å². The van der Waals surface area contributed by atoms with Crippen LogP contribution in [0.25, 0.3) is 0 Å². The molecule has 0 bridgehead atoms. The maximum Gasteiger partial charge on any atom is 0.191 e. The molecular formula is C23H41IN4O2. The molecule has 0 radical (unpaired) electrons. The average molecular weight is 533 g/mol. The SMILES string of the molecule is CCNC(=NCCCCN1CCCC(C)C1)NCCc1ccc(OC)c(OC)c1.I. The first-order chi connectivity index (χ1) is 14.2. The Morgan fingerprint density at radius 2 is 1.97 bits per heavy atom. The van der Waals surface area contributed by atoms with Crippen LogP contribution < -0.4 is 20.1 Å². The lowest BCUT2D eigenvalue weighted by Crippen LogP contribution is -2.38. The molecule has 1 aliphatic heterocycles. The van der Waals surface area contributed by atoms with Gasteiger partial charge in [0.25, 0.3) is 0 Å². The highest BCUT2D eigenvalue weighted by atomic mass is 127. The number of methoxy groups -OCH3 is 2. The summed E-state index contributed by atoms with van der Waals surface area (Å²) in [6, 6.07) is 6.07. The van der Waals surface area contributed by atoms with E-state index in [1.165, 1.54) is 44.5 Å². The highest BCUT2D eigenvalue weighted by Gasteiger charge is 2.15. The maximum absolute atomic E-state index is 5.38. The third-order valence-electron chi connectivity index (χ3n) is 5.39. The highest BCUT2D eigenvalue weighted by Crippen LogP contribution is 2.27. The minimum Gasteiger partial charge on any atom is -0.493 e. The first-order valence-electron chi connectivity index (χ1n) is 11.1. The van der Waals surface area contributed by atoms with Gasteiger partial charge in [0, 0.05) is 26.2 Å². The van der Waals surface area contributed by atoms with Crippen molar-refractivity contribution < 1.29 is 9.47 Å². The largest absolute Gasteiger partial charge is 0.493 e. The lowest BCUT2D eigenvalue weighted by Gasteiger charge is -2.30. The predicted octanol–water partition coefficient (Wildman–Crippen LogP) is 3.93. The molecule has 2 N–H and O–H groups in total. The molecule has 30 heavy (non-hydrogen) atoms.